The smallest absolute Gasteiger partial charge is 0.161 e. The first kappa shape index (κ1) is 12.8. The molecule has 1 aromatic heterocycles. The number of aromatic hydroxyl groups is 1. The molecule has 1 aromatic carbocycles. The lowest BCUT2D eigenvalue weighted by atomic mass is 10.2. The highest BCUT2D eigenvalue weighted by Crippen LogP contribution is 2.27. The van der Waals surface area contributed by atoms with E-state index in [0.29, 0.717) is 11.6 Å². The zero-order valence-corrected chi connectivity index (χ0v) is 11.6. The highest BCUT2D eigenvalue weighted by atomic mass is 79.9. The molecule has 0 saturated carbocycles. The molecule has 0 aliphatic heterocycles. The molecular weight excluding hydrogens is 294 g/mol. The average Bonchev–Trinajstić information content (AvgIpc) is 2.35. The lowest BCUT2D eigenvalue weighted by Gasteiger charge is -2.08. The van der Waals surface area contributed by atoms with E-state index in [1.807, 2.05) is 6.07 Å². The SMILES string of the molecule is CCCc1nc(-c2cccc(O)c2)nc(N)c1Br. The summed E-state index contributed by atoms with van der Waals surface area (Å²) in [4.78, 5) is 8.72. The molecular formula is C13H14BrN3O. The largest absolute Gasteiger partial charge is 0.508 e. The summed E-state index contributed by atoms with van der Waals surface area (Å²) in [6.45, 7) is 2.08. The van der Waals surface area contributed by atoms with Gasteiger partial charge < -0.3 is 10.8 Å². The van der Waals surface area contributed by atoms with Crippen molar-refractivity contribution in [3.63, 3.8) is 0 Å². The Morgan fingerprint density at radius 3 is 2.78 bits per heavy atom. The monoisotopic (exact) mass is 307 g/mol. The number of anilines is 1. The van der Waals surface area contributed by atoms with E-state index in [1.54, 1.807) is 18.2 Å². The summed E-state index contributed by atoms with van der Waals surface area (Å²) in [6, 6.07) is 6.83. The lowest BCUT2D eigenvalue weighted by molar-refractivity contribution is 0.475. The van der Waals surface area contributed by atoms with Crippen molar-refractivity contribution >= 4 is 21.7 Å². The van der Waals surface area contributed by atoms with Gasteiger partial charge in [0.2, 0.25) is 0 Å². The fourth-order valence-electron chi connectivity index (χ4n) is 1.69. The van der Waals surface area contributed by atoms with Gasteiger partial charge in [-0.15, -0.1) is 0 Å². The van der Waals surface area contributed by atoms with Crippen LogP contribution in [0.25, 0.3) is 11.4 Å². The molecule has 0 spiro atoms. The summed E-state index contributed by atoms with van der Waals surface area (Å²) < 4.78 is 0.758. The van der Waals surface area contributed by atoms with Gasteiger partial charge in [-0.05, 0) is 34.5 Å². The standard InChI is InChI=1S/C13H14BrN3O/c1-2-4-10-11(14)12(15)17-13(16-10)8-5-3-6-9(18)7-8/h3,5-7,18H,2,4H2,1H3,(H2,15,16,17). The lowest BCUT2D eigenvalue weighted by Crippen LogP contribution is -2.02. The summed E-state index contributed by atoms with van der Waals surface area (Å²) in [5.41, 5.74) is 7.51. The number of benzene rings is 1. The van der Waals surface area contributed by atoms with Crippen LogP contribution >= 0.6 is 15.9 Å². The van der Waals surface area contributed by atoms with Crippen LogP contribution in [-0.4, -0.2) is 15.1 Å². The number of nitrogen functional groups attached to an aromatic ring is 1. The molecule has 5 heteroatoms. The molecule has 0 bridgehead atoms. The molecule has 4 nitrogen and oxygen atoms in total. The van der Waals surface area contributed by atoms with Gasteiger partial charge in [0, 0.05) is 5.56 Å². The highest BCUT2D eigenvalue weighted by molar-refractivity contribution is 9.10. The highest BCUT2D eigenvalue weighted by Gasteiger charge is 2.11. The van der Waals surface area contributed by atoms with Crippen LogP contribution in [0, 0.1) is 0 Å². The van der Waals surface area contributed by atoms with Gasteiger partial charge in [0.25, 0.3) is 0 Å². The summed E-state index contributed by atoms with van der Waals surface area (Å²) in [5, 5.41) is 9.47. The van der Waals surface area contributed by atoms with Crippen LogP contribution in [-0.2, 0) is 6.42 Å². The van der Waals surface area contributed by atoms with Gasteiger partial charge in [0.1, 0.15) is 11.6 Å². The molecule has 0 unspecified atom stereocenters. The predicted molar refractivity (Wildman–Crippen MR) is 75.2 cm³/mol. The van der Waals surface area contributed by atoms with E-state index in [0.717, 1.165) is 28.6 Å². The normalized spacial score (nSPS) is 10.6. The fourth-order valence-corrected chi connectivity index (χ4v) is 2.07. The van der Waals surface area contributed by atoms with Crippen LogP contribution in [0.1, 0.15) is 19.0 Å². The molecule has 2 aromatic rings. The van der Waals surface area contributed by atoms with Crippen molar-refractivity contribution in [2.24, 2.45) is 0 Å². The topological polar surface area (TPSA) is 72.0 Å². The number of aryl methyl sites for hydroxylation is 1. The number of phenols is 1. The van der Waals surface area contributed by atoms with Crippen molar-refractivity contribution < 1.29 is 5.11 Å². The van der Waals surface area contributed by atoms with Gasteiger partial charge in [-0.1, -0.05) is 25.5 Å². The Balaban J connectivity index is 2.51. The Labute approximate surface area is 114 Å². The van der Waals surface area contributed by atoms with E-state index in [4.69, 9.17) is 5.73 Å². The maximum Gasteiger partial charge on any atom is 0.161 e. The second kappa shape index (κ2) is 5.35. The number of phenolic OH excluding ortho intramolecular Hbond substituents is 1. The quantitative estimate of drug-likeness (QED) is 0.913. The molecule has 0 radical (unpaired) electrons. The van der Waals surface area contributed by atoms with Gasteiger partial charge in [0.15, 0.2) is 5.82 Å². The number of aromatic nitrogens is 2. The maximum atomic E-state index is 9.47. The minimum absolute atomic E-state index is 0.189. The van der Waals surface area contributed by atoms with Crippen molar-refractivity contribution in [1.82, 2.24) is 9.97 Å². The van der Waals surface area contributed by atoms with Crippen LogP contribution in [0.3, 0.4) is 0 Å². The molecule has 2 rings (SSSR count). The minimum atomic E-state index is 0.189. The molecule has 3 N–H and O–H groups in total. The van der Waals surface area contributed by atoms with Crippen molar-refractivity contribution in [1.29, 1.82) is 0 Å². The summed E-state index contributed by atoms with van der Waals surface area (Å²) in [6.07, 6.45) is 1.81. The van der Waals surface area contributed by atoms with Crippen molar-refractivity contribution in [2.75, 3.05) is 5.73 Å². The van der Waals surface area contributed by atoms with Gasteiger partial charge in [0.05, 0.1) is 10.2 Å². The van der Waals surface area contributed by atoms with Crippen LogP contribution in [0.15, 0.2) is 28.7 Å². The molecule has 0 atom stereocenters. The Kier molecular flexibility index (Phi) is 3.81. The maximum absolute atomic E-state index is 9.47. The number of nitrogens with two attached hydrogens (primary N) is 1. The summed E-state index contributed by atoms with van der Waals surface area (Å²) in [5.74, 6) is 1.15. The molecule has 0 aliphatic rings. The fraction of sp³-hybridized carbons (Fsp3) is 0.231. The molecule has 0 amide bonds. The number of nitrogens with zero attached hydrogens (tertiary/aromatic N) is 2. The Bertz CT molecular complexity index is 572. The second-order valence-electron chi connectivity index (χ2n) is 3.99. The third kappa shape index (κ3) is 2.61. The van der Waals surface area contributed by atoms with E-state index in [9.17, 15) is 5.11 Å². The molecule has 18 heavy (non-hydrogen) atoms. The minimum Gasteiger partial charge on any atom is -0.508 e. The van der Waals surface area contributed by atoms with Crippen LogP contribution < -0.4 is 5.73 Å². The molecule has 0 aliphatic carbocycles. The summed E-state index contributed by atoms with van der Waals surface area (Å²) in [7, 11) is 0. The van der Waals surface area contributed by atoms with Gasteiger partial charge in [-0.3, -0.25) is 0 Å². The van der Waals surface area contributed by atoms with E-state index >= 15 is 0 Å². The predicted octanol–water partition coefficient (Wildman–Crippen LogP) is 3.15. The van der Waals surface area contributed by atoms with Crippen LogP contribution in [0.2, 0.25) is 0 Å². The third-order valence-electron chi connectivity index (χ3n) is 2.54. The number of hydrogen-bond acceptors (Lipinski definition) is 4. The number of rotatable bonds is 3. The number of hydrogen-bond donors (Lipinski definition) is 2. The van der Waals surface area contributed by atoms with E-state index < -0.39 is 0 Å². The first-order valence-corrected chi connectivity index (χ1v) is 6.52. The zero-order chi connectivity index (χ0) is 13.1. The zero-order valence-electron chi connectivity index (χ0n) is 10.0. The molecule has 1 heterocycles. The van der Waals surface area contributed by atoms with E-state index in [2.05, 4.69) is 32.8 Å². The van der Waals surface area contributed by atoms with Crippen molar-refractivity contribution in [2.45, 2.75) is 19.8 Å². The average molecular weight is 308 g/mol. The van der Waals surface area contributed by atoms with Crippen LogP contribution in [0.4, 0.5) is 5.82 Å². The molecule has 94 valence electrons. The summed E-state index contributed by atoms with van der Waals surface area (Å²) >= 11 is 3.40. The molecule has 0 saturated heterocycles. The Morgan fingerprint density at radius 2 is 2.11 bits per heavy atom. The van der Waals surface area contributed by atoms with Gasteiger partial charge >= 0.3 is 0 Å². The molecule has 0 fully saturated rings. The van der Waals surface area contributed by atoms with Crippen molar-refractivity contribution in [3.8, 4) is 17.1 Å². The number of halogens is 1. The van der Waals surface area contributed by atoms with Gasteiger partial charge in [-0.25, -0.2) is 9.97 Å². The van der Waals surface area contributed by atoms with Crippen molar-refractivity contribution in [3.05, 3.63) is 34.4 Å². The first-order chi connectivity index (χ1) is 8.61. The Morgan fingerprint density at radius 1 is 1.33 bits per heavy atom. The van der Waals surface area contributed by atoms with Gasteiger partial charge in [-0.2, -0.15) is 0 Å². The van der Waals surface area contributed by atoms with E-state index in [-0.39, 0.29) is 5.75 Å². The third-order valence-corrected chi connectivity index (χ3v) is 3.40. The van der Waals surface area contributed by atoms with Crippen LogP contribution in [0.5, 0.6) is 5.75 Å². The van der Waals surface area contributed by atoms with E-state index in [1.165, 1.54) is 0 Å². The second-order valence-corrected chi connectivity index (χ2v) is 4.79. The first-order valence-electron chi connectivity index (χ1n) is 5.73. The Hall–Kier alpha value is -1.62.